The molecule has 0 spiro atoms. The van der Waals surface area contributed by atoms with Gasteiger partial charge in [-0.1, -0.05) is 23.7 Å². The van der Waals surface area contributed by atoms with Gasteiger partial charge in [0.25, 0.3) is 0 Å². The molecule has 0 radical (unpaired) electrons. The van der Waals surface area contributed by atoms with Gasteiger partial charge in [0.15, 0.2) is 5.17 Å². The Morgan fingerprint density at radius 3 is 2.41 bits per heavy atom. The van der Waals surface area contributed by atoms with Crippen LogP contribution in [0, 0.1) is 0 Å². The van der Waals surface area contributed by atoms with E-state index in [2.05, 4.69) is 9.99 Å². The maximum atomic E-state index is 10.9. The van der Waals surface area contributed by atoms with Crippen LogP contribution in [0.1, 0.15) is 18.9 Å². The van der Waals surface area contributed by atoms with Crippen LogP contribution in [0.3, 0.4) is 0 Å². The summed E-state index contributed by atoms with van der Waals surface area (Å²) in [5.74, 6) is -0.409. The molecule has 0 amide bonds. The fraction of sp³-hybridized carbons (Fsp3) is 0.333. The van der Waals surface area contributed by atoms with Crippen molar-refractivity contribution in [2.24, 2.45) is 5.16 Å². The molecule has 92 valence electrons. The number of hydrogen-bond acceptors (Lipinski definition) is 4. The Morgan fingerprint density at radius 2 is 1.94 bits per heavy atom. The molecule has 1 aromatic rings. The molecule has 0 aliphatic heterocycles. The fourth-order valence-electron chi connectivity index (χ4n) is 1.11. The van der Waals surface area contributed by atoms with Gasteiger partial charge < -0.3 is 9.74 Å². The first-order chi connectivity index (χ1) is 8.04. The van der Waals surface area contributed by atoms with Crippen molar-refractivity contribution >= 4 is 28.4 Å². The quantitative estimate of drug-likeness (QED) is 0.471. The number of oxime groups is 1. The van der Waals surface area contributed by atoms with Crippen molar-refractivity contribution in [3.05, 3.63) is 29.8 Å². The maximum absolute atomic E-state index is 10.9. The molecule has 0 bridgehead atoms. The first kappa shape index (κ1) is 13.5. The molecular formula is C12H15ClN2O2. The van der Waals surface area contributed by atoms with Gasteiger partial charge in [0.1, 0.15) is 0 Å². The van der Waals surface area contributed by atoms with Gasteiger partial charge >= 0.3 is 5.97 Å². The van der Waals surface area contributed by atoms with Gasteiger partial charge in [-0.25, -0.2) is 4.79 Å². The van der Waals surface area contributed by atoms with Crippen LogP contribution in [-0.2, 0) is 9.63 Å². The molecule has 0 unspecified atom stereocenters. The van der Waals surface area contributed by atoms with Crippen molar-refractivity contribution in [3.63, 3.8) is 0 Å². The zero-order valence-electron chi connectivity index (χ0n) is 10.1. The number of hydrogen-bond donors (Lipinski definition) is 0. The molecule has 0 saturated heterocycles. The zero-order chi connectivity index (χ0) is 12.8. The first-order valence-electron chi connectivity index (χ1n) is 5.25. The lowest BCUT2D eigenvalue weighted by Gasteiger charge is -2.12. The monoisotopic (exact) mass is 254 g/mol. The van der Waals surface area contributed by atoms with E-state index >= 15 is 0 Å². The Kier molecular flexibility index (Phi) is 4.97. The van der Waals surface area contributed by atoms with E-state index in [9.17, 15) is 4.79 Å². The van der Waals surface area contributed by atoms with Crippen molar-refractivity contribution in [1.82, 2.24) is 0 Å². The second-order valence-corrected chi connectivity index (χ2v) is 4.00. The van der Waals surface area contributed by atoms with E-state index in [1.807, 2.05) is 43.3 Å². The molecule has 0 aliphatic rings. The molecule has 0 aromatic heterocycles. The van der Waals surface area contributed by atoms with Gasteiger partial charge in [-0.05, 0) is 24.3 Å². The third-order valence-corrected chi connectivity index (χ3v) is 2.43. The average molecular weight is 255 g/mol. The van der Waals surface area contributed by atoms with Crippen LogP contribution < -0.4 is 4.90 Å². The third kappa shape index (κ3) is 4.07. The molecule has 0 atom stereocenters. The molecule has 5 heteroatoms. The third-order valence-electron chi connectivity index (χ3n) is 2.14. The van der Waals surface area contributed by atoms with E-state index in [-0.39, 0.29) is 11.6 Å². The Morgan fingerprint density at radius 1 is 1.35 bits per heavy atom. The van der Waals surface area contributed by atoms with Crippen molar-refractivity contribution in [1.29, 1.82) is 0 Å². The van der Waals surface area contributed by atoms with Gasteiger partial charge in [-0.2, -0.15) is 0 Å². The van der Waals surface area contributed by atoms with Gasteiger partial charge in [0.2, 0.25) is 0 Å². The number of nitrogens with zero attached hydrogens (tertiary/aromatic N) is 2. The molecule has 0 saturated carbocycles. The smallest absolute Gasteiger partial charge is 0.334 e. The van der Waals surface area contributed by atoms with Gasteiger partial charge in [0, 0.05) is 31.8 Å². The second-order valence-electron chi connectivity index (χ2n) is 3.64. The lowest BCUT2D eigenvalue weighted by molar-refractivity contribution is -0.143. The normalized spacial score (nSPS) is 11.2. The van der Waals surface area contributed by atoms with Crippen molar-refractivity contribution < 1.29 is 9.63 Å². The fourth-order valence-corrected chi connectivity index (χ4v) is 1.27. The summed E-state index contributed by atoms with van der Waals surface area (Å²) in [7, 11) is 3.90. The highest BCUT2D eigenvalue weighted by Crippen LogP contribution is 2.14. The predicted octanol–water partition coefficient (Wildman–Crippen LogP) is 2.61. The predicted molar refractivity (Wildman–Crippen MR) is 69.5 cm³/mol. The number of rotatable bonds is 4. The van der Waals surface area contributed by atoms with Crippen molar-refractivity contribution in [3.8, 4) is 0 Å². The first-order valence-corrected chi connectivity index (χ1v) is 5.63. The van der Waals surface area contributed by atoms with Crippen LogP contribution in [0.4, 0.5) is 5.69 Å². The summed E-state index contributed by atoms with van der Waals surface area (Å²) in [6.45, 7) is 1.69. The van der Waals surface area contributed by atoms with Gasteiger partial charge in [-0.3, -0.25) is 0 Å². The SMILES string of the molecule is CCC(=O)O/N=C(/Cl)c1ccc(N(C)C)cc1. The molecule has 17 heavy (non-hydrogen) atoms. The minimum absolute atomic E-state index is 0.164. The summed E-state index contributed by atoms with van der Waals surface area (Å²) in [6, 6.07) is 7.46. The Hall–Kier alpha value is -1.55. The molecule has 1 rings (SSSR count). The highest BCUT2D eigenvalue weighted by Gasteiger charge is 2.03. The standard InChI is InChI=1S/C12H15ClN2O2/c1-4-11(16)17-14-12(13)9-5-7-10(8-6-9)15(2)3/h5-8H,4H2,1-3H3/b14-12+. The summed E-state index contributed by atoms with van der Waals surface area (Å²) in [4.78, 5) is 17.5. The zero-order valence-corrected chi connectivity index (χ0v) is 10.9. The summed E-state index contributed by atoms with van der Waals surface area (Å²) >= 11 is 5.90. The molecule has 1 aromatic carbocycles. The van der Waals surface area contributed by atoms with Gasteiger partial charge in [0.05, 0.1) is 0 Å². The minimum Gasteiger partial charge on any atom is -0.378 e. The van der Waals surface area contributed by atoms with E-state index in [1.54, 1.807) is 6.92 Å². The molecule has 0 heterocycles. The van der Waals surface area contributed by atoms with E-state index in [0.29, 0.717) is 5.56 Å². The van der Waals surface area contributed by atoms with E-state index in [0.717, 1.165) is 5.69 Å². The summed E-state index contributed by atoms with van der Waals surface area (Å²) in [5, 5.41) is 3.72. The number of carbonyl (C=O) groups excluding carboxylic acids is 1. The van der Waals surface area contributed by atoms with E-state index in [4.69, 9.17) is 11.6 Å². The Balaban J connectivity index is 2.75. The summed E-state index contributed by atoms with van der Waals surface area (Å²) < 4.78 is 0. The highest BCUT2D eigenvalue weighted by atomic mass is 35.5. The minimum atomic E-state index is -0.409. The highest BCUT2D eigenvalue weighted by molar-refractivity contribution is 6.69. The molecule has 0 fully saturated rings. The summed E-state index contributed by atoms with van der Waals surface area (Å²) in [5.41, 5.74) is 1.77. The number of anilines is 1. The molecular weight excluding hydrogens is 240 g/mol. The average Bonchev–Trinajstić information content (AvgIpc) is 2.35. The van der Waals surface area contributed by atoms with Crippen LogP contribution in [0.2, 0.25) is 0 Å². The van der Waals surface area contributed by atoms with E-state index < -0.39 is 5.97 Å². The van der Waals surface area contributed by atoms with Crippen molar-refractivity contribution in [2.45, 2.75) is 13.3 Å². The molecule has 0 N–H and O–H groups in total. The largest absolute Gasteiger partial charge is 0.378 e. The van der Waals surface area contributed by atoms with Crippen LogP contribution in [0.15, 0.2) is 29.4 Å². The maximum Gasteiger partial charge on any atom is 0.334 e. The van der Waals surface area contributed by atoms with Crippen LogP contribution in [0.25, 0.3) is 0 Å². The second kappa shape index (κ2) is 6.25. The lowest BCUT2D eigenvalue weighted by Crippen LogP contribution is -2.08. The van der Waals surface area contributed by atoms with E-state index in [1.165, 1.54) is 0 Å². The number of carbonyl (C=O) groups is 1. The number of halogens is 1. The van der Waals surface area contributed by atoms with Gasteiger partial charge in [-0.15, -0.1) is 0 Å². The molecule has 4 nitrogen and oxygen atoms in total. The van der Waals surface area contributed by atoms with Crippen LogP contribution in [0.5, 0.6) is 0 Å². The Bertz CT molecular complexity index is 413. The Labute approximate surface area is 106 Å². The van der Waals surface area contributed by atoms with Crippen LogP contribution in [-0.4, -0.2) is 25.2 Å². The lowest BCUT2D eigenvalue weighted by atomic mass is 10.2. The van der Waals surface area contributed by atoms with Crippen LogP contribution >= 0.6 is 11.6 Å². The number of benzene rings is 1. The van der Waals surface area contributed by atoms with Crippen molar-refractivity contribution in [2.75, 3.05) is 19.0 Å². The molecule has 0 aliphatic carbocycles. The summed E-state index contributed by atoms with van der Waals surface area (Å²) in [6.07, 6.45) is 0.271. The topological polar surface area (TPSA) is 41.9 Å².